The lowest BCUT2D eigenvalue weighted by Gasteiger charge is -2.15. The minimum Gasteiger partial charge on any atom is -0.484 e. The number of likely N-dealkylation sites (tertiary alicyclic amines) is 1. The number of rotatable bonds is 7. The van der Waals surface area contributed by atoms with Gasteiger partial charge >= 0.3 is 0 Å². The monoisotopic (exact) mass is 342 g/mol. The summed E-state index contributed by atoms with van der Waals surface area (Å²) in [5.74, 6) is 0.594. The number of aromatic amines is 1. The van der Waals surface area contributed by atoms with E-state index in [0.29, 0.717) is 25.3 Å². The van der Waals surface area contributed by atoms with Gasteiger partial charge in [0, 0.05) is 37.3 Å². The van der Waals surface area contributed by atoms with Crippen LogP contribution in [0.15, 0.2) is 30.5 Å². The third-order valence-corrected chi connectivity index (χ3v) is 4.22. The molecule has 0 atom stereocenters. The van der Waals surface area contributed by atoms with Crippen LogP contribution in [-0.2, 0) is 9.59 Å². The Kier molecular flexibility index (Phi) is 5.33. The fourth-order valence-corrected chi connectivity index (χ4v) is 2.87. The van der Waals surface area contributed by atoms with Gasteiger partial charge in [0.05, 0.1) is 6.20 Å². The topological polar surface area (TPSA) is 87.3 Å². The molecule has 2 aromatic rings. The minimum absolute atomic E-state index is 0.0538. The van der Waals surface area contributed by atoms with Crippen LogP contribution in [0.5, 0.6) is 5.75 Å². The second-order valence-corrected chi connectivity index (χ2v) is 6.06. The van der Waals surface area contributed by atoms with Crippen LogP contribution in [0, 0.1) is 6.92 Å². The van der Waals surface area contributed by atoms with E-state index >= 15 is 0 Å². The van der Waals surface area contributed by atoms with Crippen LogP contribution in [0.4, 0.5) is 0 Å². The average molecular weight is 342 g/mol. The summed E-state index contributed by atoms with van der Waals surface area (Å²) in [6.45, 7) is 3.68. The number of carbonyl (C=O) groups excluding carboxylic acids is 2. The first-order valence-electron chi connectivity index (χ1n) is 8.41. The highest BCUT2D eigenvalue weighted by molar-refractivity contribution is 5.79. The third kappa shape index (κ3) is 4.37. The molecule has 2 N–H and O–H groups in total. The molecule has 1 fully saturated rings. The van der Waals surface area contributed by atoms with Crippen molar-refractivity contribution < 1.29 is 14.3 Å². The molecule has 7 nitrogen and oxygen atoms in total. The van der Waals surface area contributed by atoms with E-state index in [9.17, 15) is 9.59 Å². The standard InChI is InChI=1S/C18H22N4O3/c1-13-16(11-20-21-13)14-4-2-5-15(10-14)25-12-17(23)19-7-9-22-8-3-6-18(22)24/h2,4-5,10-11H,3,6-9,12H2,1H3,(H,19,23)(H,20,21). The molecule has 0 radical (unpaired) electrons. The maximum atomic E-state index is 11.9. The zero-order valence-electron chi connectivity index (χ0n) is 14.2. The molecule has 0 aliphatic carbocycles. The van der Waals surface area contributed by atoms with E-state index in [0.717, 1.165) is 29.8 Å². The lowest BCUT2D eigenvalue weighted by atomic mass is 10.1. The molecular weight excluding hydrogens is 320 g/mol. The summed E-state index contributed by atoms with van der Waals surface area (Å²) in [7, 11) is 0. The number of H-pyrrole nitrogens is 1. The zero-order chi connectivity index (χ0) is 17.6. The highest BCUT2D eigenvalue weighted by Crippen LogP contribution is 2.25. The quantitative estimate of drug-likeness (QED) is 0.798. The van der Waals surface area contributed by atoms with Crippen LogP contribution in [-0.4, -0.2) is 53.2 Å². The van der Waals surface area contributed by atoms with Gasteiger partial charge in [-0.25, -0.2) is 0 Å². The van der Waals surface area contributed by atoms with Gasteiger partial charge in [-0.15, -0.1) is 0 Å². The van der Waals surface area contributed by atoms with Crippen molar-refractivity contribution in [2.45, 2.75) is 19.8 Å². The first kappa shape index (κ1) is 17.0. The Hall–Kier alpha value is -2.83. The molecule has 1 saturated heterocycles. The van der Waals surface area contributed by atoms with Gasteiger partial charge in [0.1, 0.15) is 5.75 Å². The van der Waals surface area contributed by atoms with Gasteiger partial charge < -0.3 is 15.0 Å². The van der Waals surface area contributed by atoms with Gasteiger partial charge in [0.15, 0.2) is 6.61 Å². The lowest BCUT2D eigenvalue weighted by molar-refractivity contribution is -0.128. The molecular formula is C18H22N4O3. The fourth-order valence-electron chi connectivity index (χ4n) is 2.87. The summed E-state index contributed by atoms with van der Waals surface area (Å²) < 4.78 is 5.57. The molecule has 1 aliphatic heterocycles. The van der Waals surface area contributed by atoms with Crippen LogP contribution < -0.4 is 10.1 Å². The van der Waals surface area contributed by atoms with Crippen molar-refractivity contribution in [2.75, 3.05) is 26.2 Å². The van der Waals surface area contributed by atoms with E-state index < -0.39 is 0 Å². The van der Waals surface area contributed by atoms with Crippen LogP contribution in [0.1, 0.15) is 18.5 Å². The number of hydrogen-bond donors (Lipinski definition) is 2. The Morgan fingerprint density at radius 3 is 3.04 bits per heavy atom. The number of benzene rings is 1. The number of amides is 2. The van der Waals surface area contributed by atoms with Gasteiger partial charge in [0.25, 0.3) is 5.91 Å². The van der Waals surface area contributed by atoms with E-state index in [1.165, 1.54) is 0 Å². The summed E-state index contributed by atoms with van der Waals surface area (Å²) in [5, 5.41) is 9.70. The summed E-state index contributed by atoms with van der Waals surface area (Å²) in [4.78, 5) is 25.2. The molecule has 0 spiro atoms. The molecule has 2 heterocycles. The maximum absolute atomic E-state index is 11.9. The number of nitrogens with zero attached hydrogens (tertiary/aromatic N) is 2. The molecule has 0 unspecified atom stereocenters. The van der Waals surface area contributed by atoms with Crippen molar-refractivity contribution in [3.63, 3.8) is 0 Å². The van der Waals surface area contributed by atoms with Crippen molar-refractivity contribution in [2.24, 2.45) is 0 Å². The van der Waals surface area contributed by atoms with Gasteiger partial charge in [-0.3, -0.25) is 14.7 Å². The predicted molar refractivity (Wildman–Crippen MR) is 93.1 cm³/mol. The fraction of sp³-hybridized carbons (Fsp3) is 0.389. The number of ether oxygens (including phenoxy) is 1. The Balaban J connectivity index is 1.46. The molecule has 7 heteroatoms. The van der Waals surface area contributed by atoms with E-state index in [1.54, 1.807) is 11.1 Å². The maximum Gasteiger partial charge on any atom is 0.258 e. The third-order valence-electron chi connectivity index (χ3n) is 4.22. The Morgan fingerprint density at radius 2 is 2.32 bits per heavy atom. The average Bonchev–Trinajstić information content (AvgIpc) is 3.22. The van der Waals surface area contributed by atoms with Crippen LogP contribution in [0.25, 0.3) is 11.1 Å². The predicted octanol–water partition coefficient (Wildman–Crippen LogP) is 1.50. The van der Waals surface area contributed by atoms with Crippen molar-refractivity contribution in [3.8, 4) is 16.9 Å². The molecule has 132 valence electrons. The normalized spacial score (nSPS) is 14.0. The van der Waals surface area contributed by atoms with Crippen molar-refractivity contribution >= 4 is 11.8 Å². The van der Waals surface area contributed by atoms with Crippen molar-refractivity contribution in [3.05, 3.63) is 36.2 Å². The van der Waals surface area contributed by atoms with Crippen LogP contribution >= 0.6 is 0 Å². The van der Waals surface area contributed by atoms with Gasteiger partial charge in [-0.2, -0.15) is 5.10 Å². The number of aromatic nitrogens is 2. The Bertz CT molecular complexity index is 756. The van der Waals surface area contributed by atoms with Crippen LogP contribution in [0.2, 0.25) is 0 Å². The second-order valence-electron chi connectivity index (χ2n) is 6.06. The molecule has 1 aromatic heterocycles. The smallest absolute Gasteiger partial charge is 0.258 e. The minimum atomic E-state index is -0.198. The molecule has 25 heavy (non-hydrogen) atoms. The molecule has 2 amide bonds. The van der Waals surface area contributed by atoms with E-state index in [-0.39, 0.29) is 18.4 Å². The van der Waals surface area contributed by atoms with Gasteiger partial charge in [-0.1, -0.05) is 12.1 Å². The molecule has 1 aromatic carbocycles. The van der Waals surface area contributed by atoms with E-state index in [2.05, 4.69) is 15.5 Å². The van der Waals surface area contributed by atoms with Gasteiger partial charge in [0.2, 0.25) is 5.91 Å². The van der Waals surface area contributed by atoms with Crippen LogP contribution in [0.3, 0.4) is 0 Å². The zero-order valence-corrected chi connectivity index (χ0v) is 14.2. The molecule has 0 bridgehead atoms. The first-order chi connectivity index (χ1) is 12.1. The number of carbonyl (C=O) groups is 2. The Labute approximate surface area is 146 Å². The number of aryl methyl sites for hydroxylation is 1. The van der Waals surface area contributed by atoms with Crippen molar-refractivity contribution in [1.29, 1.82) is 0 Å². The summed E-state index contributed by atoms with van der Waals surface area (Å²) in [6, 6.07) is 7.55. The van der Waals surface area contributed by atoms with E-state index in [4.69, 9.17) is 4.74 Å². The summed E-state index contributed by atoms with van der Waals surface area (Å²) in [6.07, 6.45) is 3.28. The summed E-state index contributed by atoms with van der Waals surface area (Å²) in [5.41, 5.74) is 2.97. The van der Waals surface area contributed by atoms with Crippen molar-refractivity contribution in [1.82, 2.24) is 20.4 Å². The Morgan fingerprint density at radius 1 is 1.44 bits per heavy atom. The van der Waals surface area contributed by atoms with Gasteiger partial charge in [-0.05, 0) is 31.0 Å². The molecule has 3 rings (SSSR count). The number of nitrogens with one attached hydrogen (secondary N) is 2. The largest absolute Gasteiger partial charge is 0.484 e. The van der Waals surface area contributed by atoms with E-state index in [1.807, 2.05) is 31.2 Å². The highest BCUT2D eigenvalue weighted by Gasteiger charge is 2.19. The summed E-state index contributed by atoms with van der Waals surface area (Å²) >= 11 is 0. The molecule has 1 aliphatic rings. The lowest BCUT2D eigenvalue weighted by Crippen LogP contribution is -2.37. The second kappa shape index (κ2) is 7.83. The molecule has 0 saturated carbocycles. The highest BCUT2D eigenvalue weighted by atomic mass is 16.5. The SMILES string of the molecule is Cc1[nH]ncc1-c1cccc(OCC(=O)NCCN2CCCC2=O)c1. The first-order valence-corrected chi connectivity index (χ1v) is 8.41. The number of hydrogen-bond acceptors (Lipinski definition) is 4.